The van der Waals surface area contributed by atoms with E-state index in [0.717, 1.165) is 0 Å². The Morgan fingerprint density at radius 3 is 2.10 bits per heavy atom. The van der Waals surface area contributed by atoms with Crippen molar-refractivity contribution in [2.45, 2.75) is 10.2 Å². The van der Waals surface area contributed by atoms with Gasteiger partial charge in [0.2, 0.25) is 0 Å². The third kappa shape index (κ3) is 4.74. The summed E-state index contributed by atoms with van der Waals surface area (Å²) in [6.45, 7) is 0. The first-order chi connectivity index (χ1) is 3.79. The van der Waals surface area contributed by atoms with Gasteiger partial charge in [0.05, 0.1) is 5.03 Å². The van der Waals surface area contributed by atoms with Crippen LogP contribution in [0.5, 0.6) is 0 Å². The molecule has 1 aromatic heterocycles. The van der Waals surface area contributed by atoms with Crippen LogP contribution in [0.3, 0.4) is 0 Å². The molecule has 1 aromatic rings. The van der Waals surface area contributed by atoms with Crippen molar-refractivity contribution in [3.8, 4) is 0 Å². The molecular formula is C4H6Li2N2S2. The van der Waals surface area contributed by atoms with Crippen LogP contribution in [0.1, 0.15) is 0 Å². The van der Waals surface area contributed by atoms with Gasteiger partial charge in [-0.1, -0.05) is 0 Å². The first kappa shape index (κ1) is 13.6. The molecule has 46 valence electrons. The van der Waals surface area contributed by atoms with E-state index in [1.807, 2.05) is 0 Å². The summed E-state index contributed by atoms with van der Waals surface area (Å²) in [4.78, 5) is 7.54. The summed E-state index contributed by atoms with van der Waals surface area (Å²) in [7, 11) is 0. The van der Waals surface area contributed by atoms with Crippen LogP contribution in [-0.4, -0.2) is 47.7 Å². The molecule has 10 heavy (non-hydrogen) atoms. The van der Waals surface area contributed by atoms with Crippen molar-refractivity contribution in [3.05, 3.63) is 12.3 Å². The molecule has 1 heterocycles. The zero-order chi connectivity index (χ0) is 5.98. The molecule has 0 atom stereocenters. The van der Waals surface area contributed by atoms with E-state index in [2.05, 4.69) is 35.2 Å². The fourth-order valence-electron chi connectivity index (χ4n) is 0.339. The van der Waals surface area contributed by atoms with E-state index in [4.69, 9.17) is 0 Å². The Bertz CT molecular complexity index is 179. The van der Waals surface area contributed by atoms with Gasteiger partial charge in [-0.05, 0) is 6.07 Å². The molecule has 2 nitrogen and oxygen atoms in total. The standard InChI is InChI=1S/C4H4N2S2.2Li.2H/c7-3-1-2-5-4(8)6-3;;;;/h1-2H,(H2,5,6,7,8);;;;. The monoisotopic (exact) mass is 160 g/mol. The van der Waals surface area contributed by atoms with Crippen molar-refractivity contribution in [1.82, 2.24) is 9.97 Å². The Labute approximate surface area is 94.8 Å². The number of hydrogen-bond acceptors (Lipinski definition) is 4. The molecule has 0 N–H and O–H groups in total. The summed E-state index contributed by atoms with van der Waals surface area (Å²) in [5.74, 6) is 0. The third-order valence-electron chi connectivity index (χ3n) is 0.628. The van der Waals surface area contributed by atoms with Gasteiger partial charge in [-0.2, -0.15) is 0 Å². The van der Waals surface area contributed by atoms with E-state index < -0.39 is 0 Å². The zero-order valence-corrected chi connectivity index (χ0v) is 5.73. The molecule has 0 unspecified atom stereocenters. The van der Waals surface area contributed by atoms with E-state index in [1.54, 1.807) is 12.3 Å². The topological polar surface area (TPSA) is 25.8 Å². The van der Waals surface area contributed by atoms with E-state index >= 15 is 0 Å². The van der Waals surface area contributed by atoms with E-state index in [1.165, 1.54) is 0 Å². The first-order valence-corrected chi connectivity index (χ1v) is 2.89. The van der Waals surface area contributed by atoms with Gasteiger partial charge in [0.25, 0.3) is 0 Å². The normalized spacial score (nSPS) is 7.40. The number of hydrogen-bond donors (Lipinski definition) is 2. The minimum absolute atomic E-state index is 0. The first-order valence-electron chi connectivity index (χ1n) is 2.00. The van der Waals surface area contributed by atoms with Gasteiger partial charge in [-0.15, -0.1) is 25.3 Å². The molecule has 0 aliphatic rings. The summed E-state index contributed by atoms with van der Waals surface area (Å²) in [6.07, 6.45) is 1.61. The van der Waals surface area contributed by atoms with Crippen LogP contribution in [0, 0.1) is 0 Å². The van der Waals surface area contributed by atoms with Crippen LogP contribution >= 0.6 is 25.3 Å². The Kier molecular flexibility index (Phi) is 9.04. The predicted octanol–water partition coefficient (Wildman–Crippen LogP) is -0.243. The summed E-state index contributed by atoms with van der Waals surface area (Å²) in [5, 5.41) is 1.10. The fourth-order valence-corrected chi connectivity index (χ4v) is 0.754. The molecule has 1 rings (SSSR count). The summed E-state index contributed by atoms with van der Waals surface area (Å²) in [6, 6.07) is 1.70. The molecular weight excluding hydrogens is 154 g/mol. The van der Waals surface area contributed by atoms with Gasteiger partial charge < -0.3 is 0 Å². The van der Waals surface area contributed by atoms with Crippen LogP contribution in [-0.2, 0) is 0 Å². The van der Waals surface area contributed by atoms with Gasteiger partial charge in [-0.3, -0.25) is 0 Å². The van der Waals surface area contributed by atoms with E-state index in [0.29, 0.717) is 10.2 Å². The maximum atomic E-state index is 3.95. The minimum atomic E-state index is 0. The molecule has 0 aliphatic carbocycles. The molecule has 0 aromatic carbocycles. The van der Waals surface area contributed by atoms with E-state index in [-0.39, 0.29) is 37.7 Å². The number of thiol groups is 2. The average molecular weight is 160 g/mol. The SMILES string of the molecule is Sc1ccnc(S)n1.[LiH].[LiH]. The second kappa shape index (κ2) is 6.67. The summed E-state index contributed by atoms with van der Waals surface area (Å²) < 4.78 is 0. The molecule has 6 heteroatoms. The predicted molar refractivity (Wildman–Crippen MR) is 50.8 cm³/mol. The molecule has 0 spiro atoms. The van der Waals surface area contributed by atoms with Crippen LogP contribution in [0.25, 0.3) is 0 Å². The quantitative estimate of drug-likeness (QED) is 0.237. The molecule has 0 radical (unpaired) electrons. The summed E-state index contributed by atoms with van der Waals surface area (Å²) in [5.41, 5.74) is 0. The van der Waals surface area contributed by atoms with Gasteiger partial charge in [0.15, 0.2) is 5.16 Å². The average Bonchev–Trinajstić information content (AvgIpc) is 1.64. The number of rotatable bonds is 0. The molecule has 0 bridgehead atoms. The van der Waals surface area contributed by atoms with Crippen molar-refractivity contribution < 1.29 is 0 Å². The maximum absolute atomic E-state index is 3.95. The molecule has 0 saturated carbocycles. The number of nitrogens with zero attached hydrogens (tertiary/aromatic N) is 2. The molecule has 0 amide bonds. The van der Waals surface area contributed by atoms with Crippen molar-refractivity contribution >= 4 is 63.0 Å². The van der Waals surface area contributed by atoms with Crippen LogP contribution < -0.4 is 0 Å². The molecule has 0 fully saturated rings. The van der Waals surface area contributed by atoms with Crippen molar-refractivity contribution in [2.24, 2.45) is 0 Å². The Morgan fingerprint density at radius 2 is 1.80 bits per heavy atom. The van der Waals surface area contributed by atoms with Gasteiger partial charge in [0, 0.05) is 6.20 Å². The Morgan fingerprint density at radius 1 is 1.20 bits per heavy atom. The van der Waals surface area contributed by atoms with Crippen molar-refractivity contribution in [3.63, 3.8) is 0 Å². The van der Waals surface area contributed by atoms with Crippen molar-refractivity contribution in [1.29, 1.82) is 0 Å². The second-order valence-corrected chi connectivity index (χ2v) is 2.07. The number of aromatic nitrogens is 2. The van der Waals surface area contributed by atoms with Crippen LogP contribution in [0.15, 0.2) is 22.4 Å². The van der Waals surface area contributed by atoms with Crippen LogP contribution in [0.2, 0.25) is 0 Å². The molecule has 0 aliphatic heterocycles. The third-order valence-corrected chi connectivity index (χ3v) is 1.09. The van der Waals surface area contributed by atoms with Gasteiger partial charge in [-0.25, -0.2) is 9.97 Å². The van der Waals surface area contributed by atoms with Gasteiger partial charge >= 0.3 is 37.7 Å². The van der Waals surface area contributed by atoms with Gasteiger partial charge in [0.1, 0.15) is 0 Å². The van der Waals surface area contributed by atoms with E-state index in [9.17, 15) is 0 Å². The Hall–Kier alpha value is 0.975. The zero-order valence-electron chi connectivity index (χ0n) is 3.94. The summed E-state index contributed by atoms with van der Waals surface area (Å²) >= 11 is 7.84. The Balaban J connectivity index is 0. The fraction of sp³-hybridized carbons (Fsp3) is 0. The van der Waals surface area contributed by atoms with Crippen LogP contribution in [0.4, 0.5) is 0 Å². The second-order valence-electron chi connectivity index (χ2n) is 1.21. The van der Waals surface area contributed by atoms with Crippen molar-refractivity contribution in [2.75, 3.05) is 0 Å². The molecule has 0 saturated heterocycles.